The first-order valence-corrected chi connectivity index (χ1v) is 6.32. The van der Waals surface area contributed by atoms with E-state index >= 15 is 0 Å². The second kappa shape index (κ2) is 6.95. The van der Waals surface area contributed by atoms with E-state index in [9.17, 15) is 9.59 Å². The summed E-state index contributed by atoms with van der Waals surface area (Å²) in [6.45, 7) is 1.24. The van der Waals surface area contributed by atoms with Gasteiger partial charge in [0.05, 0.1) is 18.7 Å². The van der Waals surface area contributed by atoms with Crippen molar-refractivity contribution in [2.75, 3.05) is 14.2 Å². The van der Waals surface area contributed by atoms with Gasteiger partial charge in [0.1, 0.15) is 5.70 Å². The highest BCUT2D eigenvalue weighted by Crippen LogP contribution is 2.36. The van der Waals surface area contributed by atoms with Crippen LogP contribution in [0.2, 0.25) is 0 Å². The molecule has 0 saturated heterocycles. The number of carboxylic acid groups (broad SMARTS) is 1. The molecule has 0 saturated carbocycles. The first-order valence-electron chi connectivity index (χ1n) is 5.53. The van der Waals surface area contributed by atoms with Crippen LogP contribution in [0.1, 0.15) is 12.5 Å². The monoisotopic (exact) mass is 343 g/mol. The fraction of sp³-hybridized carbons (Fsp3) is 0.231. The smallest absolute Gasteiger partial charge is 0.352 e. The van der Waals surface area contributed by atoms with Crippen molar-refractivity contribution in [3.63, 3.8) is 0 Å². The number of benzene rings is 1. The number of rotatable bonds is 5. The van der Waals surface area contributed by atoms with Crippen LogP contribution in [0.3, 0.4) is 0 Å². The molecule has 108 valence electrons. The molecular weight excluding hydrogens is 330 g/mol. The maximum atomic E-state index is 11.1. The first kappa shape index (κ1) is 16.0. The summed E-state index contributed by atoms with van der Waals surface area (Å²) in [7, 11) is 2.97. The van der Waals surface area contributed by atoms with E-state index in [0.717, 1.165) is 0 Å². The van der Waals surface area contributed by atoms with Crippen molar-refractivity contribution in [2.45, 2.75) is 6.92 Å². The van der Waals surface area contributed by atoms with Gasteiger partial charge in [0.25, 0.3) is 0 Å². The minimum Gasteiger partial charge on any atom is -0.493 e. The van der Waals surface area contributed by atoms with Crippen LogP contribution in [0, 0.1) is 0 Å². The summed E-state index contributed by atoms with van der Waals surface area (Å²) in [5.74, 6) is -0.744. The number of ether oxygens (including phenoxy) is 2. The van der Waals surface area contributed by atoms with Gasteiger partial charge in [-0.3, -0.25) is 4.79 Å². The summed E-state index contributed by atoms with van der Waals surface area (Å²) < 4.78 is 10.9. The highest BCUT2D eigenvalue weighted by molar-refractivity contribution is 9.10. The third-order valence-electron chi connectivity index (χ3n) is 2.31. The van der Waals surface area contributed by atoms with E-state index in [1.54, 1.807) is 12.1 Å². The number of carboxylic acids is 1. The SMILES string of the molecule is COc1cc(/C=C(/NC(C)=O)C(=O)O)cc(Br)c1OC. The molecule has 0 spiro atoms. The van der Waals surface area contributed by atoms with Crippen LogP contribution in [0.5, 0.6) is 11.5 Å². The summed E-state index contributed by atoms with van der Waals surface area (Å²) >= 11 is 3.31. The molecule has 0 fully saturated rings. The summed E-state index contributed by atoms with van der Waals surface area (Å²) in [6.07, 6.45) is 1.33. The van der Waals surface area contributed by atoms with Crippen molar-refractivity contribution < 1.29 is 24.2 Å². The normalized spacial score (nSPS) is 10.9. The highest BCUT2D eigenvalue weighted by Gasteiger charge is 2.13. The predicted molar refractivity (Wildman–Crippen MR) is 76.7 cm³/mol. The number of carbonyl (C=O) groups is 2. The minimum atomic E-state index is -1.23. The third-order valence-corrected chi connectivity index (χ3v) is 2.90. The molecular formula is C13H14BrNO5. The Morgan fingerprint density at radius 2 is 1.95 bits per heavy atom. The summed E-state index contributed by atoms with van der Waals surface area (Å²) in [5.41, 5.74) is 0.317. The van der Waals surface area contributed by atoms with Crippen LogP contribution < -0.4 is 14.8 Å². The molecule has 20 heavy (non-hydrogen) atoms. The van der Waals surface area contributed by atoms with Crippen LogP contribution >= 0.6 is 15.9 Å². The molecule has 7 heteroatoms. The van der Waals surface area contributed by atoms with Crippen molar-refractivity contribution in [3.05, 3.63) is 27.9 Å². The molecule has 0 aliphatic carbocycles. The fourth-order valence-electron chi connectivity index (χ4n) is 1.53. The Kier molecular flexibility index (Phi) is 5.57. The Bertz CT molecular complexity index is 568. The van der Waals surface area contributed by atoms with Crippen molar-refractivity contribution in [2.24, 2.45) is 0 Å². The quantitative estimate of drug-likeness (QED) is 0.799. The Morgan fingerprint density at radius 3 is 2.40 bits per heavy atom. The molecule has 0 unspecified atom stereocenters. The number of nitrogens with one attached hydrogen (secondary N) is 1. The molecule has 0 aliphatic rings. The minimum absolute atomic E-state index is 0.225. The van der Waals surface area contributed by atoms with Gasteiger partial charge in [-0.2, -0.15) is 0 Å². The lowest BCUT2D eigenvalue weighted by Gasteiger charge is -2.11. The lowest BCUT2D eigenvalue weighted by Crippen LogP contribution is -2.24. The Balaban J connectivity index is 3.28. The molecule has 0 radical (unpaired) electrons. The van der Waals surface area contributed by atoms with Crippen molar-refractivity contribution in [3.8, 4) is 11.5 Å². The van der Waals surface area contributed by atoms with Gasteiger partial charge >= 0.3 is 5.97 Å². The zero-order valence-electron chi connectivity index (χ0n) is 11.2. The Hall–Kier alpha value is -2.02. The second-order valence-corrected chi connectivity index (χ2v) is 4.64. The van der Waals surface area contributed by atoms with E-state index in [1.165, 1.54) is 27.2 Å². The number of hydrogen-bond donors (Lipinski definition) is 2. The molecule has 1 rings (SSSR count). The average Bonchev–Trinajstić information content (AvgIpc) is 2.36. The van der Waals surface area contributed by atoms with Gasteiger partial charge in [0.15, 0.2) is 11.5 Å². The third kappa shape index (κ3) is 3.99. The largest absolute Gasteiger partial charge is 0.493 e. The zero-order chi connectivity index (χ0) is 15.3. The lowest BCUT2D eigenvalue weighted by molar-refractivity contribution is -0.134. The Morgan fingerprint density at radius 1 is 1.30 bits per heavy atom. The summed E-state index contributed by atoms with van der Waals surface area (Å²) in [4.78, 5) is 22.0. The fourth-order valence-corrected chi connectivity index (χ4v) is 2.15. The van der Waals surface area contributed by atoms with Crippen molar-refractivity contribution in [1.29, 1.82) is 0 Å². The molecule has 0 bridgehead atoms. The van der Waals surface area contributed by atoms with Gasteiger partial charge in [0, 0.05) is 6.92 Å². The molecule has 2 N–H and O–H groups in total. The van der Waals surface area contributed by atoms with E-state index in [1.807, 2.05) is 0 Å². The number of carbonyl (C=O) groups excluding carboxylic acids is 1. The van der Waals surface area contributed by atoms with Crippen molar-refractivity contribution >= 4 is 33.9 Å². The number of hydrogen-bond acceptors (Lipinski definition) is 4. The standard InChI is InChI=1S/C13H14BrNO5/c1-7(16)15-10(13(17)18)5-8-4-9(14)12(20-3)11(6-8)19-2/h4-6H,1-3H3,(H,15,16)(H,17,18)/b10-5+. The molecule has 1 aromatic rings. The summed E-state index contributed by atoms with van der Waals surface area (Å²) in [5, 5.41) is 11.3. The number of halogens is 1. The van der Waals surface area contributed by atoms with Gasteiger partial charge < -0.3 is 19.9 Å². The molecule has 0 aliphatic heterocycles. The van der Waals surface area contributed by atoms with Crippen LogP contribution in [0.15, 0.2) is 22.3 Å². The van der Waals surface area contributed by atoms with Crippen LogP contribution in [-0.2, 0) is 9.59 Å². The Labute approximate surface area is 124 Å². The molecule has 0 aromatic heterocycles. The van der Waals surface area contributed by atoms with Crippen LogP contribution in [-0.4, -0.2) is 31.2 Å². The molecule has 1 amide bonds. The number of methoxy groups -OCH3 is 2. The second-order valence-electron chi connectivity index (χ2n) is 3.78. The number of amides is 1. The van der Waals surface area contributed by atoms with E-state index in [0.29, 0.717) is 21.5 Å². The van der Waals surface area contributed by atoms with E-state index < -0.39 is 11.9 Å². The van der Waals surface area contributed by atoms with Gasteiger partial charge in [-0.25, -0.2) is 4.79 Å². The topological polar surface area (TPSA) is 84.9 Å². The van der Waals surface area contributed by atoms with Gasteiger partial charge in [-0.1, -0.05) is 0 Å². The number of aliphatic carboxylic acids is 1. The van der Waals surface area contributed by atoms with E-state index in [-0.39, 0.29) is 5.70 Å². The maximum absolute atomic E-state index is 11.1. The zero-order valence-corrected chi connectivity index (χ0v) is 12.8. The average molecular weight is 344 g/mol. The van der Waals surface area contributed by atoms with Gasteiger partial charge in [-0.05, 0) is 39.7 Å². The molecule has 0 atom stereocenters. The van der Waals surface area contributed by atoms with E-state index in [4.69, 9.17) is 14.6 Å². The van der Waals surface area contributed by atoms with Gasteiger partial charge in [-0.15, -0.1) is 0 Å². The maximum Gasteiger partial charge on any atom is 0.352 e. The lowest BCUT2D eigenvalue weighted by atomic mass is 10.1. The van der Waals surface area contributed by atoms with Crippen molar-refractivity contribution in [1.82, 2.24) is 5.32 Å². The van der Waals surface area contributed by atoms with Crippen LogP contribution in [0.4, 0.5) is 0 Å². The van der Waals surface area contributed by atoms with Gasteiger partial charge in [0.2, 0.25) is 5.91 Å². The molecule has 0 heterocycles. The first-order chi connectivity index (χ1) is 9.38. The molecule has 1 aromatic carbocycles. The highest BCUT2D eigenvalue weighted by atomic mass is 79.9. The van der Waals surface area contributed by atoms with E-state index in [2.05, 4.69) is 21.2 Å². The van der Waals surface area contributed by atoms with Crippen LogP contribution in [0.25, 0.3) is 6.08 Å². The molecule has 6 nitrogen and oxygen atoms in total. The summed E-state index contributed by atoms with van der Waals surface area (Å²) in [6, 6.07) is 3.26. The predicted octanol–water partition coefficient (Wildman–Crippen LogP) is 2.03.